The molecule has 0 saturated heterocycles. The summed E-state index contributed by atoms with van der Waals surface area (Å²) < 4.78 is 31.1. The third kappa shape index (κ3) is 4.93. The highest BCUT2D eigenvalue weighted by molar-refractivity contribution is 14.1. The van der Waals surface area contributed by atoms with E-state index < -0.39 is 12.5 Å². The van der Waals surface area contributed by atoms with E-state index in [1.807, 2.05) is 6.07 Å². The van der Waals surface area contributed by atoms with E-state index in [9.17, 15) is 8.78 Å². The third-order valence-corrected chi connectivity index (χ3v) is 2.93. The summed E-state index contributed by atoms with van der Waals surface area (Å²) in [6, 6.07) is 7.08. The summed E-state index contributed by atoms with van der Waals surface area (Å²) in [6.07, 6.45) is -0.342. The molecule has 0 saturated carbocycles. The van der Waals surface area contributed by atoms with Crippen LogP contribution in [0.4, 0.5) is 8.78 Å². The molecule has 1 aromatic carbocycles. The molecular formula is C11H12ClF2IO. The second-order valence-electron chi connectivity index (χ2n) is 3.58. The van der Waals surface area contributed by atoms with Gasteiger partial charge >= 0.3 is 0 Å². The molecule has 0 N–H and O–H groups in total. The Labute approximate surface area is 112 Å². The van der Waals surface area contributed by atoms with E-state index in [0.29, 0.717) is 9.45 Å². The van der Waals surface area contributed by atoms with Gasteiger partial charge in [0.05, 0.1) is 6.10 Å². The molecule has 5 heteroatoms. The van der Waals surface area contributed by atoms with Crippen molar-refractivity contribution in [3.05, 3.63) is 34.9 Å². The van der Waals surface area contributed by atoms with Gasteiger partial charge in [0.1, 0.15) is 6.61 Å². The van der Waals surface area contributed by atoms with Crippen LogP contribution in [0.25, 0.3) is 0 Å². The lowest BCUT2D eigenvalue weighted by Crippen LogP contribution is -2.21. The molecule has 1 aromatic rings. The van der Waals surface area contributed by atoms with Crippen molar-refractivity contribution in [2.75, 3.05) is 11.0 Å². The summed E-state index contributed by atoms with van der Waals surface area (Å²) in [5.41, 5.74) is 0.825. The number of benzene rings is 1. The van der Waals surface area contributed by atoms with Gasteiger partial charge in [0, 0.05) is 16.4 Å². The number of hydrogen-bond acceptors (Lipinski definition) is 1. The summed E-state index contributed by atoms with van der Waals surface area (Å²) in [5.74, 6) is -2.80. The summed E-state index contributed by atoms with van der Waals surface area (Å²) >= 11 is 7.93. The average Bonchev–Trinajstić information content (AvgIpc) is 2.17. The predicted octanol–water partition coefficient (Wildman–Crippen LogP) is 4.49. The fourth-order valence-electron chi connectivity index (χ4n) is 1.18. The summed E-state index contributed by atoms with van der Waals surface area (Å²) in [6.45, 7) is 0.266. The summed E-state index contributed by atoms with van der Waals surface area (Å²) in [7, 11) is 0. The molecule has 0 aliphatic heterocycles. The average molecular weight is 361 g/mol. The Morgan fingerprint density at radius 1 is 1.50 bits per heavy atom. The first-order valence-corrected chi connectivity index (χ1v) is 6.63. The van der Waals surface area contributed by atoms with Gasteiger partial charge in [-0.2, -0.15) is 0 Å². The Morgan fingerprint density at radius 2 is 2.19 bits per heavy atom. The Kier molecular flexibility index (Phi) is 5.40. The fraction of sp³-hybridized carbons (Fsp3) is 0.455. The van der Waals surface area contributed by atoms with Crippen LogP contribution < -0.4 is 0 Å². The van der Waals surface area contributed by atoms with Crippen LogP contribution in [-0.4, -0.2) is 17.0 Å². The Bertz CT molecular complexity index is 341. The number of alkyl halides is 3. The van der Waals surface area contributed by atoms with Gasteiger partial charge in [0.15, 0.2) is 0 Å². The number of ether oxygens (including phenoxy) is 1. The molecule has 0 aliphatic carbocycles. The predicted molar refractivity (Wildman–Crippen MR) is 69.7 cm³/mol. The van der Waals surface area contributed by atoms with Gasteiger partial charge in [-0.25, -0.2) is 8.78 Å². The summed E-state index contributed by atoms with van der Waals surface area (Å²) in [5, 5.41) is 0.583. The first-order chi connectivity index (χ1) is 7.42. The fourth-order valence-corrected chi connectivity index (χ4v) is 2.15. The maximum absolute atomic E-state index is 12.7. The van der Waals surface area contributed by atoms with Gasteiger partial charge in [0.2, 0.25) is 0 Å². The first kappa shape index (κ1) is 14.1. The standard InChI is InChI=1S/C11H12ClF2IO/c1-11(13,14)7-16-10(6-15)8-3-2-4-9(12)5-8/h2-5,10H,6-7H2,1H3. The highest BCUT2D eigenvalue weighted by atomic mass is 127. The second kappa shape index (κ2) is 6.12. The summed E-state index contributed by atoms with van der Waals surface area (Å²) in [4.78, 5) is 0. The van der Waals surface area contributed by atoms with E-state index in [0.717, 1.165) is 12.5 Å². The molecule has 1 rings (SSSR count). The van der Waals surface area contributed by atoms with Crippen molar-refractivity contribution in [2.45, 2.75) is 19.0 Å². The Hall–Kier alpha value is 0.0600. The maximum atomic E-state index is 12.7. The molecule has 1 nitrogen and oxygen atoms in total. The molecule has 0 bridgehead atoms. The molecule has 16 heavy (non-hydrogen) atoms. The molecule has 1 unspecified atom stereocenters. The first-order valence-electron chi connectivity index (χ1n) is 4.73. The molecule has 0 radical (unpaired) electrons. The zero-order valence-corrected chi connectivity index (χ0v) is 11.6. The SMILES string of the molecule is CC(F)(F)COC(CI)c1cccc(Cl)c1. The van der Waals surface area contributed by atoms with Crippen molar-refractivity contribution in [2.24, 2.45) is 0 Å². The second-order valence-corrected chi connectivity index (χ2v) is 4.90. The topological polar surface area (TPSA) is 9.23 Å². The lowest BCUT2D eigenvalue weighted by molar-refractivity contribution is -0.0824. The number of hydrogen-bond donors (Lipinski definition) is 0. The highest BCUT2D eigenvalue weighted by Gasteiger charge is 2.24. The van der Waals surface area contributed by atoms with Crippen LogP contribution in [0.5, 0.6) is 0 Å². The normalized spacial score (nSPS) is 13.8. The smallest absolute Gasteiger partial charge is 0.268 e. The van der Waals surface area contributed by atoms with Gasteiger partial charge in [-0.3, -0.25) is 0 Å². The quantitative estimate of drug-likeness (QED) is 0.555. The largest absolute Gasteiger partial charge is 0.366 e. The van der Waals surface area contributed by atoms with Crippen LogP contribution in [0, 0.1) is 0 Å². The van der Waals surface area contributed by atoms with Gasteiger partial charge < -0.3 is 4.74 Å². The van der Waals surface area contributed by atoms with Crippen LogP contribution >= 0.6 is 34.2 Å². The van der Waals surface area contributed by atoms with Gasteiger partial charge in [-0.05, 0) is 17.7 Å². The molecule has 0 heterocycles. The van der Waals surface area contributed by atoms with Crippen LogP contribution in [0.1, 0.15) is 18.6 Å². The maximum Gasteiger partial charge on any atom is 0.268 e. The van der Waals surface area contributed by atoms with Crippen molar-refractivity contribution in [3.8, 4) is 0 Å². The van der Waals surface area contributed by atoms with Crippen molar-refractivity contribution in [1.29, 1.82) is 0 Å². The van der Waals surface area contributed by atoms with E-state index >= 15 is 0 Å². The van der Waals surface area contributed by atoms with Crippen molar-refractivity contribution < 1.29 is 13.5 Å². The van der Waals surface area contributed by atoms with Gasteiger partial charge in [-0.15, -0.1) is 0 Å². The van der Waals surface area contributed by atoms with Crippen molar-refractivity contribution >= 4 is 34.2 Å². The monoisotopic (exact) mass is 360 g/mol. The van der Waals surface area contributed by atoms with E-state index in [4.69, 9.17) is 16.3 Å². The van der Waals surface area contributed by atoms with Crippen LogP contribution in [0.2, 0.25) is 5.02 Å². The van der Waals surface area contributed by atoms with Gasteiger partial charge in [0.25, 0.3) is 5.92 Å². The van der Waals surface area contributed by atoms with E-state index in [1.165, 1.54) is 0 Å². The molecule has 1 atom stereocenters. The minimum Gasteiger partial charge on any atom is -0.366 e. The Balaban J connectivity index is 2.68. The highest BCUT2D eigenvalue weighted by Crippen LogP contribution is 2.25. The third-order valence-electron chi connectivity index (χ3n) is 1.90. The van der Waals surface area contributed by atoms with Crippen molar-refractivity contribution in [1.82, 2.24) is 0 Å². The van der Waals surface area contributed by atoms with Crippen LogP contribution in [-0.2, 0) is 4.74 Å². The minimum absolute atomic E-state index is 0.342. The molecule has 0 aromatic heterocycles. The zero-order chi connectivity index (χ0) is 12.2. The minimum atomic E-state index is -2.80. The number of rotatable bonds is 5. The van der Waals surface area contributed by atoms with E-state index in [2.05, 4.69) is 22.6 Å². The molecule has 0 fully saturated rings. The molecule has 0 spiro atoms. The molecule has 0 aliphatic rings. The van der Waals surface area contributed by atoms with Crippen LogP contribution in [0.15, 0.2) is 24.3 Å². The van der Waals surface area contributed by atoms with Crippen molar-refractivity contribution in [3.63, 3.8) is 0 Å². The van der Waals surface area contributed by atoms with Gasteiger partial charge in [-0.1, -0.05) is 46.3 Å². The lowest BCUT2D eigenvalue weighted by atomic mass is 10.1. The molecule has 90 valence electrons. The van der Waals surface area contributed by atoms with Crippen LogP contribution in [0.3, 0.4) is 0 Å². The van der Waals surface area contributed by atoms with E-state index in [-0.39, 0.29) is 6.10 Å². The number of halogens is 4. The Morgan fingerprint density at radius 3 is 2.69 bits per heavy atom. The molecule has 0 amide bonds. The zero-order valence-electron chi connectivity index (χ0n) is 8.72. The lowest BCUT2D eigenvalue weighted by Gasteiger charge is -2.18. The van der Waals surface area contributed by atoms with E-state index in [1.54, 1.807) is 18.2 Å². The molecular weight excluding hydrogens is 348 g/mol.